The van der Waals surface area contributed by atoms with Crippen molar-refractivity contribution in [3.8, 4) is 11.4 Å². The van der Waals surface area contributed by atoms with Crippen LogP contribution in [0.1, 0.15) is 17.0 Å². The zero-order valence-electron chi connectivity index (χ0n) is 20.5. The quantitative estimate of drug-likeness (QED) is 0.351. The van der Waals surface area contributed by atoms with Crippen LogP contribution in [0.2, 0.25) is 0 Å². The van der Waals surface area contributed by atoms with Crippen LogP contribution in [0.3, 0.4) is 0 Å². The molecule has 2 aromatic heterocycles. The SMILES string of the molecule is COc1ccc(NC(=O)CN2C(=O)S/C(=C/c3cc(C)n(-c4ccc5ncccc5c4)c3C)C2=O)cc1. The van der Waals surface area contributed by atoms with Gasteiger partial charge in [-0.25, -0.2) is 0 Å². The van der Waals surface area contributed by atoms with E-state index in [9.17, 15) is 14.4 Å². The minimum Gasteiger partial charge on any atom is -0.497 e. The lowest BCUT2D eigenvalue weighted by molar-refractivity contribution is -0.127. The predicted molar refractivity (Wildman–Crippen MR) is 145 cm³/mol. The Hall–Kier alpha value is -4.37. The smallest absolute Gasteiger partial charge is 0.294 e. The molecule has 0 spiro atoms. The summed E-state index contributed by atoms with van der Waals surface area (Å²) in [7, 11) is 1.56. The van der Waals surface area contributed by atoms with Crippen LogP contribution in [0.25, 0.3) is 22.7 Å². The number of hydrogen-bond donors (Lipinski definition) is 1. The zero-order valence-corrected chi connectivity index (χ0v) is 21.3. The highest BCUT2D eigenvalue weighted by Gasteiger charge is 2.36. The van der Waals surface area contributed by atoms with Gasteiger partial charge in [0.1, 0.15) is 12.3 Å². The molecule has 4 aromatic rings. The third kappa shape index (κ3) is 4.85. The molecule has 1 fully saturated rings. The third-order valence-electron chi connectivity index (χ3n) is 6.15. The number of anilines is 1. The Labute approximate surface area is 217 Å². The van der Waals surface area contributed by atoms with E-state index in [4.69, 9.17) is 4.74 Å². The number of rotatable bonds is 6. The highest BCUT2D eigenvalue weighted by molar-refractivity contribution is 8.18. The van der Waals surface area contributed by atoms with Crippen molar-refractivity contribution in [1.82, 2.24) is 14.5 Å². The first-order valence-electron chi connectivity index (χ1n) is 11.6. The summed E-state index contributed by atoms with van der Waals surface area (Å²) in [6.45, 7) is 3.60. The summed E-state index contributed by atoms with van der Waals surface area (Å²) < 4.78 is 7.21. The van der Waals surface area contributed by atoms with Crippen LogP contribution in [-0.4, -0.2) is 45.2 Å². The van der Waals surface area contributed by atoms with E-state index in [1.807, 2.05) is 44.2 Å². The van der Waals surface area contributed by atoms with Gasteiger partial charge in [-0.1, -0.05) is 6.07 Å². The Kier molecular flexibility index (Phi) is 6.54. The summed E-state index contributed by atoms with van der Waals surface area (Å²) in [6.07, 6.45) is 3.48. The van der Waals surface area contributed by atoms with Crippen LogP contribution in [0.5, 0.6) is 5.75 Å². The molecule has 1 aliphatic rings. The van der Waals surface area contributed by atoms with Crippen molar-refractivity contribution in [2.75, 3.05) is 19.0 Å². The van der Waals surface area contributed by atoms with Crippen molar-refractivity contribution in [2.45, 2.75) is 13.8 Å². The van der Waals surface area contributed by atoms with Crippen molar-refractivity contribution in [1.29, 1.82) is 0 Å². The predicted octanol–water partition coefficient (Wildman–Crippen LogP) is 5.33. The van der Waals surface area contributed by atoms with Gasteiger partial charge >= 0.3 is 0 Å². The van der Waals surface area contributed by atoms with E-state index in [1.165, 1.54) is 0 Å². The fourth-order valence-electron chi connectivity index (χ4n) is 4.33. The molecule has 3 heterocycles. The van der Waals surface area contributed by atoms with Gasteiger partial charge in [0.2, 0.25) is 5.91 Å². The molecule has 5 rings (SSSR count). The Balaban J connectivity index is 1.34. The van der Waals surface area contributed by atoms with E-state index in [-0.39, 0.29) is 11.4 Å². The summed E-state index contributed by atoms with van der Waals surface area (Å²) >= 11 is 0.836. The molecule has 8 nitrogen and oxygen atoms in total. The van der Waals surface area contributed by atoms with Crippen LogP contribution in [-0.2, 0) is 9.59 Å². The van der Waals surface area contributed by atoms with Crippen LogP contribution in [0.4, 0.5) is 10.5 Å². The third-order valence-corrected chi connectivity index (χ3v) is 7.06. The van der Waals surface area contributed by atoms with Gasteiger partial charge in [-0.15, -0.1) is 0 Å². The number of nitrogens with one attached hydrogen (secondary N) is 1. The first-order chi connectivity index (χ1) is 17.8. The molecule has 0 radical (unpaired) electrons. The molecule has 0 atom stereocenters. The fraction of sp³-hybridized carbons (Fsp3) is 0.143. The molecule has 1 saturated heterocycles. The molecule has 1 aliphatic heterocycles. The van der Waals surface area contributed by atoms with E-state index >= 15 is 0 Å². The van der Waals surface area contributed by atoms with E-state index < -0.39 is 17.1 Å². The zero-order chi connectivity index (χ0) is 26.1. The number of pyridine rings is 1. The number of fused-ring (bicyclic) bond motifs is 1. The maximum atomic E-state index is 13.0. The van der Waals surface area contributed by atoms with Gasteiger partial charge in [0.05, 0.1) is 17.5 Å². The molecule has 1 N–H and O–H groups in total. The number of ether oxygens (including phenoxy) is 1. The molecule has 37 heavy (non-hydrogen) atoms. The molecule has 3 amide bonds. The molecule has 0 bridgehead atoms. The maximum absolute atomic E-state index is 13.0. The molecule has 0 unspecified atom stereocenters. The molecule has 186 valence electrons. The first-order valence-corrected chi connectivity index (χ1v) is 12.4. The summed E-state index contributed by atoms with van der Waals surface area (Å²) in [5.41, 5.74) is 5.20. The standard InChI is InChI=1S/C28H24N4O4S/c1-17-13-20(18(2)32(17)22-8-11-24-19(14-22)5-4-12-29-24)15-25-27(34)31(28(35)37-25)16-26(33)30-21-6-9-23(36-3)10-7-21/h4-15H,16H2,1-3H3,(H,30,33)/b25-15+. The topological polar surface area (TPSA) is 93.5 Å². The molecule has 2 aromatic carbocycles. The lowest BCUT2D eigenvalue weighted by Crippen LogP contribution is -2.36. The minimum absolute atomic E-state index is 0.283. The van der Waals surface area contributed by atoms with Crippen molar-refractivity contribution < 1.29 is 19.1 Å². The summed E-state index contributed by atoms with van der Waals surface area (Å²) in [5.74, 6) is -0.287. The highest BCUT2D eigenvalue weighted by Crippen LogP contribution is 2.34. The van der Waals surface area contributed by atoms with Gasteiger partial charge in [0, 0.05) is 34.3 Å². The number of hydrogen-bond acceptors (Lipinski definition) is 6. The number of nitrogens with zero attached hydrogens (tertiary/aromatic N) is 3. The lowest BCUT2D eigenvalue weighted by atomic mass is 10.2. The van der Waals surface area contributed by atoms with Crippen LogP contribution in [0.15, 0.2) is 71.8 Å². The fourth-order valence-corrected chi connectivity index (χ4v) is 5.16. The van der Waals surface area contributed by atoms with E-state index in [0.29, 0.717) is 11.4 Å². The van der Waals surface area contributed by atoms with Crippen molar-refractivity contribution in [3.63, 3.8) is 0 Å². The Morgan fingerprint density at radius 2 is 1.86 bits per heavy atom. The number of thioether (sulfide) groups is 1. The minimum atomic E-state index is -0.485. The second-order valence-electron chi connectivity index (χ2n) is 8.59. The van der Waals surface area contributed by atoms with Gasteiger partial charge < -0.3 is 14.6 Å². The van der Waals surface area contributed by atoms with Gasteiger partial charge in [0.15, 0.2) is 0 Å². The molecule has 9 heteroatoms. The number of amides is 3. The van der Waals surface area contributed by atoms with Crippen LogP contribution < -0.4 is 10.1 Å². The second kappa shape index (κ2) is 9.94. The molecular weight excluding hydrogens is 488 g/mol. The van der Waals surface area contributed by atoms with Crippen molar-refractivity contribution >= 4 is 51.5 Å². The van der Waals surface area contributed by atoms with Crippen molar-refractivity contribution in [3.05, 3.63) is 88.7 Å². The Morgan fingerprint density at radius 3 is 2.62 bits per heavy atom. The average molecular weight is 513 g/mol. The molecular formula is C28H24N4O4S. The van der Waals surface area contributed by atoms with E-state index in [1.54, 1.807) is 43.6 Å². The molecule has 0 saturated carbocycles. The number of carbonyl (C=O) groups excluding carboxylic acids is 3. The summed E-state index contributed by atoms with van der Waals surface area (Å²) in [5, 5.41) is 3.25. The van der Waals surface area contributed by atoms with Gasteiger partial charge in [-0.2, -0.15) is 0 Å². The van der Waals surface area contributed by atoms with Crippen LogP contribution in [0, 0.1) is 13.8 Å². The second-order valence-corrected chi connectivity index (χ2v) is 9.58. The largest absolute Gasteiger partial charge is 0.497 e. The first kappa shape index (κ1) is 24.3. The molecule has 0 aliphatic carbocycles. The number of carbonyl (C=O) groups is 3. The van der Waals surface area contributed by atoms with E-state index in [2.05, 4.69) is 20.9 Å². The van der Waals surface area contributed by atoms with Crippen LogP contribution >= 0.6 is 11.8 Å². The van der Waals surface area contributed by atoms with Crippen molar-refractivity contribution in [2.24, 2.45) is 0 Å². The number of aryl methyl sites for hydroxylation is 1. The average Bonchev–Trinajstić information content (AvgIpc) is 3.32. The van der Waals surface area contributed by atoms with Gasteiger partial charge in [-0.3, -0.25) is 24.3 Å². The maximum Gasteiger partial charge on any atom is 0.294 e. The van der Waals surface area contributed by atoms with Gasteiger partial charge in [0.25, 0.3) is 11.1 Å². The lowest BCUT2D eigenvalue weighted by Gasteiger charge is -2.12. The monoisotopic (exact) mass is 512 g/mol. The van der Waals surface area contributed by atoms with E-state index in [0.717, 1.165) is 50.2 Å². The number of benzene rings is 2. The van der Waals surface area contributed by atoms with Gasteiger partial charge in [-0.05, 0) is 91.8 Å². The Bertz CT molecular complexity index is 1570. The Morgan fingerprint density at radius 1 is 1.08 bits per heavy atom. The highest BCUT2D eigenvalue weighted by atomic mass is 32.2. The summed E-state index contributed by atoms with van der Waals surface area (Å²) in [4.78, 5) is 43.7. The number of aromatic nitrogens is 2. The normalized spacial score (nSPS) is 14.6. The number of methoxy groups -OCH3 is 1. The number of imide groups is 1. The summed E-state index contributed by atoms with van der Waals surface area (Å²) in [6, 6.07) is 18.8.